The molecule has 0 unspecified atom stereocenters. The highest BCUT2D eigenvalue weighted by Crippen LogP contribution is 2.28. The molecule has 0 fully saturated rings. The second kappa shape index (κ2) is 4.70. The average molecular weight is 291 g/mol. The minimum Gasteiger partial charge on any atom is -0.414 e. The van der Waals surface area contributed by atoms with Crippen LogP contribution in [0.15, 0.2) is 48.8 Å². The van der Waals surface area contributed by atoms with Gasteiger partial charge in [-0.15, -0.1) is 0 Å². The summed E-state index contributed by atoms with van der Waals surface area (Å²) in [6.07, 6.45) is 1.56. The summed E-state index contributed by atoms with van der Waals surface area (Å²) in [5, 5.41) is 2.31. The van der Waals surface area contributed by atoms with Crippen molar-refractivity contribution in [3.05, 3.63) is 48.8 Å². The van der Waals surface area contributed by atoms with E-state index in [9.17, 15) is 0 Å². The van der Waals surface area contributed by atoms with Crippen LogP contribution in [0.5, 0.6) is 0 Å². The number of aromatic nitrogens is 4. The molecule has 0 aliphatic heterocycles. The number of benzene rings is 2. The molecule has 2 heterocycles. The normalized spacial score (nSPS) is 11.1. The monoisotopic (exact) mass is 291 g/mol. The van der Waals surface area contributed by atoms with E-state index >= 15 is 0 Å². The number of anilines is 1. The zero-order chi connectivity index (χ0) is 15.1. The van der Waals surface area contributed by atoms with Crippen molar-refractivity contribution in [3.63, 3.8) is 0 Å². The van der Waals surface area contributed by atoms with Crippen LogP contribution in [-0.4, -0.2) is 26.8 Å². The molecule has 0 bridgehead atoms. The highest BCUT2D eigenvalue weighted by atomic mass is 16.6. The van der Waals surface area contributed by atoms with E-state index < -0.39 is 0 Å². The molecule has 2 aromatic carbocycles. The molecular weight excluding hydrogens is 278 g/mol. The number of imidazole rings is 1. The van der Waals surface area contributed by atoms with Gasteiger partial charge in [0.05, 0.1) is 0 Å². The third kappa shape index (κ3) is 1.85. The first-order valence-electron chi connectivity index (χ1n) is 6.80. The van der Waals surface area contributed by atoms with Gasteiger partial charge < -0.3 is 10.6 Å². The minimum absolute atomic E-state index is 0.189. The van der Waals surface area contributed by atoms with Crippen LogP contribution < -0.4 is 10.6 Å². The first-order chi connectivity index (χ1) is 10.8. The summed E-state index contributed by atoms with van der Waals surface area (Å²) in [5.41, 5.74) is 8.69. The van der Waals surface area contributed by atoms with Gasteiger partial charge in [-0.25, -0.2) is 9.97 Å². The van der Waals surface area contributed by atoms with Crippen LogP contribution in [0.3, 0.4) is 0 Å². The number of nitrogen functional groups attached to an aromatic ring is 1. The van der Waals surface area contributed by atoms with Gasteiger partial charge in [0, 0.05) is 5.56 Å². The van der Waals surface area contributed by atoms with E-state index in [0.717, 1.165) is 10.9 Å². The molecule has 22 heavy (non-hydrogen) atoms. The third-order valence-corrected chi connectivity index (χ3v) is 3.60. The zero-order valence-corrected chi connectivity index (χ0v) is 11.9. The van der Waals surface area contributed by atoms with Crippen molar-refractivity contribution in [2.24, 2.45) is 0 Å². The number of nitrogens with two attached hydrogens (primary N) is 1. The number of fused-ring (bicyclic) bond motifs is 2. The van der Waals surface area contributed by atoms with Crippen molar-refractivity contribution < 1.29 is 4.84 Å². The molecule has 4 aromatic rings. The molecule has 0 amide bonds. The quantitative estimate of drug-likeness (QED) is 0.613. The number of hydrogen-bond acceptors (Lipinski definition) is 5. The largest absolute Gasteiger partial charge is 0.414 e. The molecule has 108 valence electrons. The van der Waals surface area contributed by atoms with Crippen LogP contribution in [0.2, 0.25) is 0 Å². The summed E-state index contributed by atoms with van der Waals surface area (Å²) in [4.78, 5) is 18.1. The summed E-state index contributed by atoms with van der Waals surface area (Å²) in [6, 6.07) is 14.3. The maximum absolute atomic E-state index is 5.84. The molecule has 0 saturated carbocycles. The van der Waals surface area contributed by atoms with Crippen LogP contribution in [0.1, 0.15) is 0 Å². The van der Waals surface area contributed by atoms with E-state index in [-0.39, 0.29) is 5.95 Å². The van der Waals surface area contributed by atoms with Crippen LogP contribution >= 0.6 is 0 Å². The Morgan fingerprint density at radius 3 is 2.68 bits per heavy atom. The Kier molecular flexibility index (Phi) is 2.69. The first kappa shape index (κ1) is 12.6. The summed E-state index contributed by atoms with van der Waals surface area (Å²) >= 11 is 0. The number of nitrogens with zero attached hydrogens (tertiary/aromatic N) is 4. The lowest BCUT2D eigenvalue weighted by molar-refractivity contribution is 0.176. The maximum atomic E-state index is 5.84. The van der Waals surface area contributed by atoms with Crippen LogP contribution in [0, 0.1) is 0 Å². The molecule has 2 aromatic heterocycles. The SMILES string of the molecule is COn1cnc2c(-c3ccc4ccccc4c3)nc(N)nc21. The van der Waals surface area contributed by atoms with Crippen LogP contribution in [-0.2, 0) is 0 Å². The highest BCUT2D eigenvalue weighted by Gasteiger charge is 2.14. The minimum atomic E-state index is 0.189. The smallest absolute Gasteiger partial charge is 0.222 e. The molecule has 0 saturated heterocycles. The van der Waals surface area contributed by atoms with Gasteiger partial charge >= 0.3 is 0 Å². The topological polar surface area (TPSA) is 78.8 Å². The number of hydrogen-bond donors (Lipinski definition) is 1. The fourth-order valence-corrected chi connectivity index (χ4v) is 2.57. The van der Waals surface area contributed by atoms with E-state index in [0.29, 0.717) is 16.9 Å². The molecule has 0 spiro atoms. The van der Waals surface area contributed by atoms with Gasteiger partial charge in [0.25, 0.3) is 0 Å². The summed E-state index contributed by atoms with van der Waals surface area (Å²) < 4.78 is 1.47. The van der Waals surface area contributed by atoms with Crippen LogP contribution in [0.4, 0.5) is 5.95 Å². The van der Waals surface area contributed by atoms with Crippen molar-refractivity contribution in [1.82, 2.24) is 19.7 Å². The Balaban J connectivity index is 2.00. The first-order valence-corrected chi connectivity index (χ1v) is 6.80. The van der Waals surface area contributed by atoms with Crippen molar-refractivity contribution in [1.29, 1.82) is 0 Å². The molecule has 0 atom stereocenters. The summed E-state index contributed by atoms with van der Waals surface area (Å²) in [6.45, 7) is 0. The van der Waals surface area contributed by atoms with E-state index in [2.05, 4.69) is 39.2 Å². The number of rotatable bonds is 2. The van der Waals surface area contributed by atoms with Gasteiger partial charge in [0.15, 0.2) is 0 Å². The molecular formula is C16H13N5O. The molecule has 0 aliphatic carbocycles. The van der Waals surface area contributed by atoms with Gasteiger partial charge in [0.2, 0.25) is 11.6 Å². The predicted molar refractivity (Wildman–Crippen MR) is 85.2 cm³/mol. The van der Waals surface area contributed by atoms with Gasteiger partial charge in [-0.3, -0.25) is 0 Å². The summed E-state index contributed by atoms with van der Waals surface area (Å²) in [7, 11) is 1.55. The van der Waals surface area contributed by atoms with Crippen molar-refractivity contribution in [2.45, 2.75) is 0 Å². The van der Waals surface area contributed by atoms with Crippen molar-refractivity contribution in [2.75, 3.05) is 12.8 Å². The maximum Gasteiger partial charge on any atom is 0.222 e. The lowest BCUT2D eigenvalue weighted by atomic mass is 10.0. The molecule has 2 N–H and O–H groups in total. The van der Waals surface area contributed by atoms with Gasteiger partial charge in [-0.05, 0) is 16.8 Å². The lowest BCUT2D eigenvalue weighted by Crippen LogP contribution is -2.06. The fraction of sp³-hybridized carbons (Fsp3) is 0.0625. The Morgan fingerprint density at radius 2 is 1.86 bits per heavy atom. The Hall–Kier alpha value is -3.15. The highest BCUT2D eigenvalue weighted by molar-refractivity contribution is 5.93. The second-order valence-electron chi connectivity index (χ2n) is 4.92. The standard InChI is InChI=1S/C16H13N5O/c1-22-21-9-18-14-13(19-16(17)20-15(14)21)12-7-6-10-4-2-3-5-11(10)8-12/h2-9H,1H3,(H2,17,19,20). The summed E-state index contributed by atoms with van der Waals surface area (Å²) in [5.74, 6) is 0.189. The Morgan fingerprint density at radius 1 is 1.05 bits per heavy atom. The molecule has 0 radical (unpaired) electrons. The van der Waals surface area contributed by atoms with E-state index in [1.165, 1.54) is 10.1 Å². The average Bonchev–Trinajstić information content (AvgIpc) is 2.96. The van der Waals surface area contributed by atoms with E-state index in [1.807, 2.05) is 18.2 Å². The predicted octanol–water partition coefficient (Wildman–Crippen LogP) is 2.29. The second-order valence-corrected chi connectivity index (χ2v) is 4.92. The molecule has 4 rings (SSSR count). The van der Waals surface area contributed by atoms with E-state index in [4.69, 9.17) is 10.6 Å². The lowest BCUT2D eigenvalue weighted by Gasteiger charge is -2.06. The Bertz CT molecular complexity index is 992. The third-order valence-electron chi connectivity index (χ3n) is 3.60. The fourth-order valence-electron chi connectivity index (χ4n) is 2.57. The van der Waals surface area contributed by atoms with Crippen molar-refractivity contribution >= 4 is 27.9 Å². The van der Waals surface area contributed by atoms with Gasteiger partial charge in [-0.2, -0.15) is 9.71 Å². The van der Waals surface area contributed by atoms with Gasteiger partial charge in [-0.1, -0.05) is 36.4 Å². The molecule has 6 heteroatoms. The molecule has 0 aliphatic rings. The van der Waals surface area contributed by atoms with Crippen molar-refractivity contribution in [3.8, 4) is 11.3 Å². The Labute approximate surface area is 126 Å². The van der Waals surface area contributed by atoms with Gasteiger partial charge in [0.1, 0.15) is 24.6 Å². The molecule has 6 nitrogen and oxygen atoms in total. The zero-order valence-electron chi connectivity index (χ0n) is 11.9. The van der Waals surface area contributed by atoms with E-state index in [1.54, 1.807) is 13.4 Å². The van der Waals surface area contributed by atoms with Crippen LogP contribution in [0.25, 0.3) is 33.2 Å².